The number of benzene rings is 1. The van der Waals surface area contributed by atoms with Crippen LogP contribution in [0, 0.1) is 11.6 Å². The molecule has 1 aromatic carbocycles. The monoisotopic (exact) mass is 280 g/mol. The Morgan fingerprint density at radius 1 is 1.30 bits per heavy atom. The first-order valence-corrected chi connectivity index (χ1v) is 6.46. The summed E-state index contributed by atoms with van der Waals surface area (Å²) >= 11 is 0. The highest BCUT2D eigenvalue weighted by atomic mass is 19.1. The van der Waals surface area contributed by atoms with Crippen molar-refractivity contribution in [1.29, 1.82) is 0 Å². The number of rotatable bonds is 6. The molecular weight excluding hydrogens is 262 g/mol. The molecule has 6 heteroatoms. The fraction of sp³-hybridized carbons (Fsp3) is 0.357. The summed E-state index contributed by atoms with van der Waals surface area (Å²) < 4.78 is 28.2. The van der Waals surface area contributed by atoms with Gasteiger partial charge in [-0.1, -0.05) is 0 Å². The van der Waals surface area contributed by atoms with Gasteiger partial charge >= 0.3 is 0 Å². The van der Waals surface area contributed by atoms with Gasteiger partial charge in [0.05, 0.1) is 0 Å². The van der Waals surface area contributed by atoms with E-state index in [1.807, 2.05) is 17.8 Å². The van der Waals surface area contributed by atoms with E-state index in [0.717, 1.165) is 24.7 Å². The Hall–Kier alpha value is -1.79. The average molecular weight is 280 g/mol. The number of aryl methyl sites for hydroxylation is 2. The lowest BCUT2D eigenvalue weighted by Crippen LogP contribution is -2.37. The lowest BCUT2D eigenvalue weighted by molar-refractivity contribution is 0.480. The van der Waals surface area contributed by atoms with Crippen LogP contribution >= 0.6 is 0 Å². The predicted molar refractivity (Wildman–Crippen MR) is 72.7 cm³/mol. The Morgan fingerprint density at radius 3 is 2.55 bits per heavy atom. The minimum atomic E-state index is -0.570. The number of imidazole rings is 1. The molecule has 4 nitrogen and oxygen atoms in total. The molecule has 1 unspecified atom stereocenters. The summed E-state index contributed by atoms with van der Waals surface area (Å²) in [7, 11) is 1.93. The van der Waals surface area contributed by atoms with Crippen molar-refractivity contribution in [2.24, 2.45) is 12.9 Å². The van der Waals surface area contributed by atoms with Crippen LogP contribution < -0.4 is 11.3 Å². The minimum Gasteiger partial charge on any atom is -0.338 e. The van der Waals surface area contributed by atoms with E-state index in [9.17, 15) is 8.78 Å². The normalized spacial score (nSPS) is 12.6. The molecule has 0 radical (unpaired) electrons. The largest absolute Gasteiger partial charge is 0.338 e. The molecule has 0 bridgehead atoms. The van der Waals surface area contributed by atoms with Crippen molar-refractivity contribution in [3.8, 4) is 0 Å². The third-order valence-corrected chi connectivity index (χ3v) is 3.28. The third-order valence-electron chi connectivity index (χ3n) is 3.28. The van der Waals surface area contributed by atoms with Gasteiger partial charge in [-0.2, -0.15) is 0 Å². The number of hydrogen-bond donors (Lipinski definition) is 2. The Kier molecular flexibility index (Phi) is 4.81. The molecule has 2 rings (SSSR count). The van der Waals surface area contributed by atoms with E-state index in [1.165, 1.54) is 12.1 Å². The average Bonchev–Trinajstić information content (AvgIpc) is 2.79. The summed E-state index contributed by atoms with van der Waals surface area (Å²) in [5, 5.41) is 0. The highest BCUT2D eigenvalue weighted by molar-refractivity contribution is 5.19. The van der Waals surface area contributed by atoms with Crippen molar-refractivity contribution in [2.75, 3.05) is 0 Å². The minimum absolute atomic E-state index is 0.0621. The first-order chi connectivity index (χ1) is 9.58. The molecule has 3 N–H and O–H groups in total. The fourth-order valence-corrected chi connectivity index (χ4v) is 2.20. The second kappa shape index (κ2) is 6.58. The van der Waals surface area contributed by atoms with Gasteiger partial charge in [-0.05, 0) is 30.5 Å². The van der Waals surface area contributed by atoms with Gasteiger partial charge in [0.1, 0.15) is 17.5 Å². The van der Waals surface area contributed by atoms with Gasteiger partial charge in [0, 0.05) is 38.0 Å². The zero-order chi connectivity index (χ0) is 14.5. The zero-order valence-electron chi connectivity index (χ0n) is 11.3. The quantitative estimate of drug-likeness (QED) is 0.625. The molecule has 1 aromatic heterocycles. The molecule has 0 aliphatic heterocycles. The summed E-state index contributed by atoms with van der Waals surface area (Å²) in [6.45, 7) is 0. The van der Waals surface area contributed by atoms with E-state index < -0.39 is 11.6 Å². The van der Waals surface area contributed by atoms with Crippen LogP contribution in [0.2, 0.25) is 0 Å². The number of halogens is 2. The smallest absolute Gasteiger partial charge is 0.126 e. The number of hydrazine groups is 1. The molecule has 1 atom stereocenters. The molecule has 20 heavy (non-hydrogen) atoms. The summed E-state index contributed by atoms with van der Waals surface area (Å²) in [6.07, 6.45) is 5.57. The highest BCUT2D eigenvalue weighted by Crippen LogP contribution is 2.12. The molecule has 0 aliphatic rings. The van der Waals surface area contributed by atoms with E-state index in [0.29, 0.717) is 12.0 Å². The summed E-state index contributed by atoms with van der Waals surface area (Å²) in [6, 6.07) is 3.46. The lowest BCUT2D eigenvalue weighted by atomic mass is 10.0. The van der Waals surface area contributed by atoms with Crippen LogP contribution in [-0.4, -0.2) is 15.6 Å². The van der Waals surface area contributed by atoms with Crippen molar-refractivity contribution < 1.29 is 8.78 Å². The molecule has 2 aromatic rings. The van der Waals surface area contributed by atoms with Gasteiger partial charge in [-0.15, -0.1) is 0 Å². The Morgan fingerprint density at radius 2 is 2.00 bits per heavy atom. The summed E-state index contributed by atoms with van der Waals surface area (Å²) in [5.74, 6) is 5.32. The maximum absolute atomic E-state index is 13.1. The molecule has 0 spiro atoms. The van der Waals surface area contributed by atoms with Crippen molar-refractivity contribution in [2.45, 2.75) is 25.3 Å². The van der Waals surface area contributed by atoms with Crippen molar-refractivity contribution >= 4 is 0 Å². The third kappa shape index (κ3) is 3.85. The van der Waals surface area contributed by atoms with Gasteiger partial charge in [0.15, 0.2) is 0 Å². The van der Waals surface area contributed by atoms with Crippen molar-refractivity contribution in [3.05, 3.63) is 53.6 Å². The standard InChI is InChI=1S/C14H18F2N4/c1-20-5-4-18-14(20)3-2-13(19-17)8-10-6-11(15)9-12(16)7-10/h4-7,9,13,19H,2-3,8,17H2,1H3. The van der Waals surface area contributed by atoms with E-state index in [4.69, 9.17) is 5.84 Å². The molecule has 0 saturated heterocycles. The van der Waals surface area contributed by atoms with E-state index in [-0.39, 0.29) is 6.04 Å². The Bertz CT molecular complexity index is 548. The van der Waals surface area contributed by atoms with Crippen LogP contribution in [0.3, 0.4) is 0 Å². The number of hydrogen-bond acceptors (Lipinski definition) is 3. The van der Waals surface area contributed by atoms with E-state index in [1.54, 1.807) is 6.20 Å². The molecule has 0 fully saturated rings. The van der Waals surface area contributed by atoms with Gasteiger partial charge in [0.25, 0.3) is 0 Å². The molecular formula is C14H18F2N4. The molecule has 108 valence electrons. The van der Waals surface area contributed by atoms with Crippen LogP contribution in [0.15, 0.2) is 30.6 Å². The van der Waals surface area contributed by atoms with Crippen LogP contribution in [-0.2, 0) is 19.9 Å². The number of nitrogens with zero attached hydrogens (tertiary/aromatic N) is 2. The van der Waals surface area contributed by atoms with E-state index >= 15 is 0 Å². The first kappa shape index (κ1) is 14.6. The number of nitrogens with two attached hydrogens (primary N) is 1. The topological polar surface area (TPSA) is 55.9 Å². The highest BCUT2D eigenvalue weighted by Gasteiger charge is 2.11. The van der Waals surface area contributed by atoms with Crippen LogP contribution in [0.1, 0.15) is 17.8 Å². The Balaban J connectivity index is 1.96. The zero-order valence-corrected chi connectivity index (χ0v) is 11.3. The fourth-order valence-electron chi connectivity index (χ4n) is 2.20. The molecule has 1 heterocycles. The second-order valence-corrected chi connectivity index (χ2v) is 4.84. The maximum atomic E-state index is 13.1. The summed E-state index contributed by atoms with van der Waals surface area (Å²) in [4.78, 5) is 4.23. The van der Waals surface area contributed by atoms with Gasteiger partial charge in [-0.3, -0.25) is 11.3 Å². The number of aromatic nitrogens is 2. The van der Waals surface area contributed by atoms with Gasteiger partial charge < -0.3 is 4.57 Å². The molecule has 0 saturated carbocycles. The van der Waals surface area contributed by atoms with Gasteiger partial charge in [-0.25, -0.2) is 13.8 Å². The van der Waals surface area contributed by atoms with Crippen molar-refractivity contribution in [3.63, 3.8) is 0 Å². The van der Waals surface area contributed by atoms with Crippen LogP contribution in [0.5, 0.6) is 0 Å². The lowest BCUT2D eigenvalue weighted by Gasteiger charge is -2.16. The maximum Gasteiger partial charge on any atom is 0.126 e. The first-order valence-electron chi connectivity index (χ1n) is 6.46. The SMILES string of the molecule is Cn1ccnc1CCC(Cc1cc(F)cc(F)c1)NN. The van der Waals surface area contributed by atoms with Gasteiger partial charge in [0.2, 0.25) is 0 Å². The second-order valence-electron chi connectivity index (χ2n) is 4.84. The van der Waals surface area contributed by atoms with E-state index in [2.05, 4.69) is 10.4 Å². The molecule has 0 aliphatic carbocycles. The van der Waals surface area contributed by atoms with Crippen LogP contribution in [0.25, 0.3) is 0 Å². The Labute approximate surface area is 116 Å². The summed E-state index contributed by atoms with van der Waals surface area (Å²) in [5.41, 5.74) is 3.28. The number of nitrogens with one attached hydrogen (secondary N) is 1. The predicted octanol–water partition coefficient (Wildman–Crippen LogP) is 1.71. The van der Waals surface area contributed by atoms with Crippen LogP contribution in [0.4, 0.5) is 8.78 Å². The molecule has 0 amide bonds. The van der Waals surface area contributed by atoms with Crippen molar-refractivity contribution in [1.82, 2.24) is 15.0 Å².